The van der Waals surface area contributed by atoms with Crippen LogP contribution < -0.4 is 14.8 Å². The normalized spacial score (nSPS) is 10.6. The van der Waals surface area contributed by atoms with Crippen LogP contribution >= 0.6 is 34.2 Å². The van der Waals surface area contributed by atoms with Gasteiger partial charge in [0.25, 0.3) is 0 Å². The van der Waals surface area contributed by atoms with E-state index in [0.717, 1.165) is 25.4 Å². The van der Waals surface area contributed by atoms with Crippen molar-refractivity contribution in [3.05, 3.63) is 85.7 Å². The highest BCUT2D eigenvalue weighted by atomic mass is 127. The van der Waals surface area contributed by atoms with Crippen molar-refractivity contribution in [3.63, 3.8) is 0 Å². The van der Waals surface area contributed by atoms with E-state index in [0.29, 0.717) is 23.6 Å². The molecule has 0 saturated carbocycles. The Morgan fingerprint density at radius 2 is 1.89 bits per heavy atom. The predicted octanol–water partition coefficient (Wildman–Crippen LogP) is 6.59. The van der Waals surface area contributed by atoms with Gasteiger partial charge in [-0.25, -0.2) is 4.39 Å². The van der Waals surface area contributed by atoms with Gasteiger partial charge in [-0.1, -0.05) is 35.9 Å². The third-order valence-corrected chi connectivity index (χ3v) is 5.50. The van der Waals surface area contributed by atoms with Gasteiger partial charge in [0.1, 0.15) is 12.4 Å². The Labute approximate surface area is 183 Å². The van der Waals surface area contributed by atoms with E-state index in [9.17, 15) is 4.39 Å². The van der Waals surface area contributed by atoms with Gasteiger partial charge in [-0.3, -0.25) is 0 Å². The molecule has 3 aromatic carbocycles. The summed E-state index contributed by atoms with van der Waals surface area (Å²) in [6.07, 6.45) is 0. The van der Waals surface area contributed by atoms with Crippen molar-refractivity contribution in [1.82, 2.24) is 0 Å². The molecule has 3 aromatic rings. The molecular weight excluding hydrogens is 492 g/mol. The first-order valence-electron chi connectivity index (χ1n) is 8.70. The van der Waals surface area contributed by atoms with Gasteiger partial charge < -0.3 is 14.8 Å². The van der Waals surface area contributed by atoms with Crippen LogP contribution in [-0.2, 0) is 13.2 Å². The number of aryl methyl sites for hydroxylation is 1. The van der Waals surface area contributed by atoms with Crippen molar-refractivity contribution in [2.45, 2.75) is 20.1 Å². The van der Waals surface area contributed by atoms with Crippen molar-refractivity contribution in [3.8, 4) is 11.5 Å². The van der Waals surface area contributed by atoms with Crippen LogP contribution in [0.5, 0.6) is 11.5 Å². The summed E-state index contributed by atoms with van der Waals surface area (Å²) in [5.74, 6) is 0.935. The predicted molar refractivity (Wildman–Crippen MR) is 120 cm³/mol. The lowest BCUT2D eigenvalue weighted by Gasteiger charge is -2.15. The Kier molecular flexibility index (Phi) is 7.02. The second kappa shape index (κ2) is 9.47. The summed E-state index contributed by atoms with van der Waals surface area (Å²) in [6.45, 7) is 2.72. The van der Waals surface area contributed by atoms with E-state index in [1.165, 1.54) is 6.07 Å². The van der Waals surface area contributed by atoms with Gasteiger partial charge in [-0.15, -0.1) is 0 Å². The molecule has 0 bridgehead atoms. The Morgan fingerprint density at radius 3 is 2.61 bits per heavy atom. The van der Waals surface area contributed by atoms with Crippen molar-refractivity contribution in [2.75, 3.05) is 12.4 Å². The van der Waals surface area contributed by atoms with Crippen molar-refractivity contribution < 1.29 is 13.9 Å². The van der Waals surface area contributed by atoms with Crippen LogP contribution in [-0.4, -0.2) is 7.11 Å². The summed E-state index contributed by atoms with van der Waals surface area (Å²) in [7, 11) is 1.60. The smallest absolute Gasteiger partial charge is 0.174 e. The first kappa shape index (κ1) is 20.7. The van der Waals surface area contributed by atoms with Crippen molar-refractivity contribution >= 4 is 39.9 Å². The molecule has 0 radical (unpaired) electrons. The van der Waals surface area contributed by atoms with Gasteiger partial charge in [-0.05, 0) is 71.0 Å². The number of anilines is 1. The summed E-state index contributed by atoms with van der Waals surface area (Å²) in [6, 6.07) is 16.4. The zero-order valence-electron chi connectivity index (χ0n) is 15.6. The van der Waals surface area contributed by atoms with E-state index in [1.54, 1.807) is 25.3 Å². The van der Waals surface area contributed by atoms with Gasteiger partial charge in [0.2, 0.25) is 0 Å². The standard InChI is InChI=1S/C22H20ClFINO2/c1-14-7-8-17(11-18(14)23)26-12-15-9-20(25)22(21(10-15)27-2)28-13-16-5-3-4-6-19(16)24/h3-11,26H,12-13H2,1-2H3. The number of methoxy groups -OCH3 is 1. The lowest BCUT2D eigenvalue weighted by molar-refractivity contribution is 0.277. The number of ether oxygens (including phenoxy) is 2. The number of rotatable bonds is 7. The second-order valence-corrected chi connectivity index (χ2v) is 7.88. The quantitative estimate of drug-likeness (QED) is 0.363. The maximum atomic E-state index is 13.8. The van der Waals surface area contributed by atoms with Crippen LogP contribution in [0, 0.1) is 16.3 Å². The third kappa shape index (κ3) is 5.08. The molecule has 0 atom stereocenters. The highest BCUT2D eigenvalue weighted by Gasteiger charge is 2.13. The average molecular weight is 512 g/mol. The summed E-state index contributed by atoms with van der Waals surface area (Å²) >= 11 is 8.38. The molecular formula is C22H20ClFINO2. The number of halogens is 3. The molecule has 0 saturated heterocycles. The first-order chi connectivity index (χ1) is 13.5. The fourth-order valence-electron chi connectivity index (χ4n) is 2.69. The lowest BCUT2D eigenvalue weighted by Crippen LogP contribution is -2.04. The highest BCUT2D eigenvalue weighted by Crippen LogP contribution is 2.35. The van der Waals surface area contributed by atoms with Gasteiger partial charge in [0.15, 0.2) is 11.5 Å². The SMILES string of the molecule is COc1cc(CNc2ccc(C)c(Cl)c2)cc(I)c1OCc1ccccc1F. The average Bonchev–Trinajstić information content (AvgIpc) is 2.68. The summed E-state index contributed by atoms with van der Waals surface area (Å²) in [5, 5.41) is 4.09. The van der Waals surface area contributed by atoms with Gasteiger partial charge in [0, 0.05) is 22.8 Å². The van der Waals surface area contributed by atoms with Gasteiger partial charge in [0.05, 0.1) is 10.7 Å². The van der Waals surface area contributed by atoms with Crippen LogP contribution in [0.2, 0.25) is 5.02 Å². The Balaban J connectivity index is 1.73. The van der Waals surface area contributed by atoms with Crippen LogP contribution in [0.25, 0.3) is 0 Å². The number of hydrogen-bond acceptors (Lipinski definition) is 3. The van der Waals surface area contributed by atoms with Crippen LogP contribution in [0.3, 0.4) is 0 Å². The molecule has 0 aliphatic rings. The number of hydrogen-bond donors (Lipinski definition) is 1. The Bertz CT molecular complexity index is 981. The molecule has 146 valence electrons. The zero-order chi connectivity index (χ0) is 20.1. The van der Waals surface area contributed by atoms with E-state index in [4.69, 9.17) is 21.1 Å². The zero-order valence-corrected chi connectivity index (χ0v) is 18.5. The second-order valence-electron chi connectivity index (χ2n) is 6.31. The van der Waals surface area contributed by atoms with Crippen LogP contribution in [0.4, 0.5) is 10.1 Å². The maximum Gasteiger partial charge on any atom is 0.174 e. The number of nitrogens with one attached hydrogen (secondary N) is 1. The number of benzene rings is 3. The highest BCUT2D eigenvalue weighted by molar-refractivity contribution is 14.1. The summed E-state index contributed by atoms with van der Waals surface area (Å²) < 4.78 is 26.1. The van der Waals surface area contributed by atoms with E-state index in [1.807, 2.05) is 37.3 Å². The molecule has 3 nitrogen and oxygen atoms in total. The Morgan fingerprint density at radius 1 is 1.11 bits per heavy atom. The van der Waals surface area contributed by atoms with Gasteiger partial charge >= 0.3 is 0 Å². The summed E-state index contributed by atoms with van der Waals surface area (Å²) in [5.41, 5.74) is 3.53. The van der Waals surface area contributed by atoms with E-state index in [-0.39, 0.29) is 12.4 Å². The molecule has 0 unspecified atom stereocenters. The lowest BCUT2D eigenvalue weighted by atomic mass is 10.1. The molecule has 0 spiro atoms. The van der Waals surface area contributed by atoms with Gasteiger partial charge in [-0.2, -0.15) is 0 Å². The maximum absolute atomic E-state index is 13.8. The molecule has 0 heterocycles. The van der Waals surface area contributed by atoms with E-state index >= 15 is 0 Å². The van der Waals surface area contributed by atoms with Crippen molar-refractivity contribution in [1.29, 1.82) is 0 Å². The molecule has 0 aliphatic carbocycles. The molecule has 1 N–H and O–H groups in total. The van der Waals surface area contributed by atoms with Crippen LogP contribution in [0.1, 0.15) is 16.7 Å². The molecule has 0 aromatic heterocycles. The molecule has 28 heavy (non-hydrogen) atoms. The van der Waals surface area contributed by atoms with E-state index in [2.05, 4.69) is 27.9 Å². The fourth-order valence-corrected chi connectivity index (χ4v) is 3.69. The third-order valence-electron chi connectivity index (χ3n) is 4.29. The molecule has 0 aliphatic heterocycles. The molecule has 6 heteroatoms. The summed E-state index contributed by atoms with van der Waals surface area (Å²) in [4.78, 5) is 0. The molecule has 0 amide bonds. The van der Waals surface area contributed by atoms with Crippen LogP contribution in [0.15, 0.2) is 54.6 Å². The van der Waals surface area contributed by atoms with E-state index < -0.39 is 0 Å². The first-order valence-corrected chi connectivity index (χ1v) is 10.2. The molecule has 0 fully saturated rings. The molecule has 3 rings (SSSR count). The fraction of sp³-hybridized carbons (Fsp3) is 0.182. The van der Waals surface area contributed by atoms with Crippen molar-refractivity contribution in [2.24, 2.45) is 0 Å². The minimum absolute atomic E-state index is 0.137. The monoisotopic (exact) mass is 511 g/mol. The Hall–Kier alpha value is -1.99. The topological polar surface area (TPSA) is 30.5 Å². The largest absolute Gasteiger partial charge is 0.493 e. The minimum Gasteiger partial charge on any atom is -0.493 e. The minimum atomic E-state index is -0.283.